The molecule has 0 aliphatic carbocycles. The fourth-order valence-corrected chi connectivity index (χ4v) is 5.55. The molecule has 2 N–H and O–H groups in total. The highest BCUT2D eigenvalue weighted by Crippen LogP contribution is 2.43. The maximum atomic E-state index is 11.7. The SMILES string of the molecule is Cc1cc(N2C(=S)N[C@H](c3ccccn3)[C@H]2c2ccc(-c3ccc(Br)cc3)o2)ccc1NS(C)(=O)=O. The smallest absolute Gasteiger partial charge is 0.229 e. The first-order valence-electron chi connectivity index (χ1n) is 11.1. The first kappa shape index (κ1) is 24.5. The standard InChI is InChI=1S/C26H23BrN4O3S2/c1-16-15-19(10-11-20(16)30-36(2,32)33)31-25(24(29-26(31)35)21-5-3-4-14-28-21)23-13-12-22(34-23)17-6-8-18(27)9-7-17/h3-15,24-25,30H,1-2H3,(H,29,35)/t24-,25-/m1/s1. The summed E-state index contributed by atoms with van der Waals surface area (Å²) >= 11 is 9.26. The van der Waals surface area contributed by atoms with Crippen molar-refractivity contribution in [1.29, 1.82) is 0 Å². The number of nitrogens with zero attached hydrogens (tertiary/aromatic N) is 2. The summed E-state index contributed by atoms with van der Waals surface area (Å²) in [4.78, 5) is 6.57. The van der Waals surface area contributed by atoms with Gasteiger partial charge in [0.25, 0.3) is 0 Å². The predicted molar refractivity (Wildman–Crippen MR) is 149 cm³/mol. The van der Waals surface area contributed by atoms with Crippen LogP contribution in [0.1, 0.15) is 29.1 Å². The molecule has 184 valence electrons. The number of thiocarbonyl (C=S) groups is 1. The zero-order chi connectivity index (χ0) is 25.4. The van der Waals surface area contributed by atoms with Crippen molar-refractivity contribution in [3.05, 3.63) is 100 Å². The zero-order valence-electron chi connectivity index (χ0n) is 19.5. The highest BCUT2D eigenvalue weighted by molar-refractivity contribution is 9.10. The summed E-state index contributed by atoms with van der Waals surface area (Å²) in [5, 5.41) is 3.94. The monoisotopic (exact) mass is 582 g/mol. The third kappa shape index (κ3) is 5.02. The number of halogens is 1. The number of hydrogen-bond donors (Lipinski definition) is 2. The Morgan fingerprint density at radius 1 is 1.08 bits per heavy atom. The molecule has 36 heavy (non-hydrogen) atoms. The molecule has 2 aromatic heterocycles. The first-order valence-corrected chi connectivity index (χ1v) is 14.2. The van der Waals surface area contributed by atoms with Gasteiger partial charge in [0, 0.05) is 21.9 Å². The van der Waals surface area contributed by atoms with Crippen LogP contribution in [0, 0.1) is 6.92 Å². The highest BCUT2D eigenvalue weighted by Gasteiger charge is 2.42. The van der Waals surface area contributed by atoms with Crippen LogP contribution < -0.4 is 14.9 Å². The van der Waals surface area contributed by atoms with E-state index in [9.17, 15) is 8.42 Å². The van der Waals surface area contributed by atoms with Gasteiger partial charge in [-0.1, -0.05) is 34.1 Å². The summed E-state index contributed by atoms with van der Waals surface area (Å²) in [7, 11) is -3.40. The summed E-state index contributed by atoms with van der Waals surface area (Å²) in [6.45, 7) is 1.85. The van der Waals surface area contributed by atoms with E-state index in [2.05, 4.69) is 31.0 Å². The van der Waals surface area contributed by atoms with E-state index in [1.54, 1.807) is 12.3 Å². The average Bonchev–Trinajstić information content (AvgIpc) is 3.45. The topological polar surface area (TPSA) is 87.5 Å². The van der Waals surface area contributed by atoms with Crippen LogP contribution in [-0.2, 0) is 10.0 Å². The summed E-state index contributed by atoms with van der Waals surface area (Å²) in [6.07, 6.45) is 2.89. The molecule has 1 fully saturated rings. The number of nitrogens with one attached hydrogen (secondary N) is 2. The fourth-order valence-electron chi connectivity index (χ4n) is 4.31. The lowest BCUT2D eigenvalue weighted by Gasteiger charge is -2.26. The second-order valence-corrected chi connectivity index (χ2v) is 11.6. The van der Waals surface area contributed by atoms with E-state index >= 15 is 0 Å². The molecular formula is C26H23BrN4O3S2. The van der Waals surface area contributed by atoms with Crippen LogP contribution in [0.15, 0.2) is 87.9 Å². The number of benzene rings is 2. The summed E-state index contributed by atoms with van der Waals surface area (Å²) in [5.74, 6) is 1.48. The normalized spacial score (nSPS) is 17.8. The molecule has 2 aromatic carbocycles. The number of aryl methyl sites for hydroxylation is 1. The molecule has 4 aromatic rings. The maximum absolute atomic E-state index is 11.7. The molecule has 2 atom stereocenters. The molecule has 10 heteroatoms. The number of aromatic nitrogens is 1. The molecule has 0 unspecified atom stereocenters. The van der Waals surface area contributed by atoms with E-state index in [1.807, 2.05) is 78.6 Å². The Kier molecular flexibility index (Phi) is 6.59. The third-order valence-corrected chi connectivity index (χ3v) is 7.36. The largest absolute Gasteiger partial charge is 0.459 e. The average molecular weight is 584 g/mol. The molecular weight excluding hydrogens is 560 g/mol. The van der Waals surface area contributed by atoms with Crippen molar-refractivity contribution in [1.82, 2.24) is 10.3 Å². The van der Waals surface area contributed by atoms with Gasteiger partial charge < -0.3 is 14.6 Å². The van der Waals surface area contributed by atoms with E-state index in [4.69, 9.17) is 16.6 Å². The Bertz CT molecular complexity index is 1520. The van der Waals surface area contributed by atoms with Crippen LogP contribution in [-0.4, -0.2) is 24.8 Å². The van der Waals surface area contributed by atoms with E-state index in [-0.39, 0.29) is 12.1 Å². The molecule has 0 spiro atoms. The van der Waals surface area contributed by atoms with Gasteiger partial charge in [0.15, 0.2) is 5.11 Å². The van der Waals surface area contributed by atoms with Gasteiger partial charge in [-0.2, -0.15) is 0 Å². The Hall–Kier alpha value is -3.21. The van der Waals surface area contributed by atoms with Crippen LogP contribution in [0.4, 0.5) is 11.4 Å². The second-order valence-electron chi connectivity index (χ2n) is 8.58. The van der Waals surface area contributed by atoms with Crippen molar-refractivity contribution < 1.29 is 12.8 Å². The molecule has 3 heterocycles. The number of pyridine rings is 1. The lowest BCUT2D eigenvalue weighted by atomic mass is 10.0. The van der Waals surface area contributed by atoms with Crippen molar-refractivity contribution in [2.75, 3.05) is 15.9 Å². The van der Waals surface area contributed by atoms with Crippen molar-refractivity contribution in [2.24, 2.45) is 0 Å². The van der Waals surface area contributed by atoms with Gasteiger partial charge in [-0.15, -0.1) is 0 Å². The second kappa shape index (κ2) is 9.68. The number of furan rings is 1. The number of anilines is 2. The zero-order valence-corrected chi connectivity index (χ0v) is 22.7. The molecule has 0 bridgehead atoms. The molecule has 0 radical (unpaired) electrons. The molecule has 1 aliphatic heterocycles. The molecule has 1 saturated heterocycles. The van der Waals surface area contributed by atoms with E-state index in [1.165, 1.54) is 0 Å². The lowest BCUT2D eigenvalue weighted by Crippen LogP contribution is -2.29. The lowest BCUT2D eigenvalue weighted by molar-refractivity contribution is 0.439. The van der Waals surface area contributed by atoms with Crippen molar-refractivity contribution in [3.8, 4) is 11.3 Å². The van der Waals surface area contributed by atoms with Crippen molar-refractivity contribution in [3.63, 3.8) is 0 Å². The molecule has 5 rings (SSSR count). The van der Waals surface area contributed by atoms with Gasteiger partial charge in [0.1, 0.15) is 17.6 Å². The third-order valence-electron chi connectivity index (χ3n) is 5.93. The number of rotatable bonds is 6. The predicted octanol–water partition coefficient (Wildman–Crippen LogP) is 5.96. The maximum Gasteiger partial charge on any atom is 0.229 e. The van der Waals surface area contributed by atoms with Gasteiger partial charge in [0.2, 0.25) is 10.0 Å². The number of sulfonamides is 1. The summed E-state index contributed by atoms with van der Waals surface area (Å²) in [6, 6.07) is 22.6. The van der Waals surface area contributed by atoms with Crippen LogP contribution in [0.5, 0.6) is 0 Å². The van der Waals surface area contributed by atoms with Crippen LogP contribution in [0.2, 0.25) is 0 Å². The van der Waals surface area contributed by atoms with Gasteiger partial charge in [-0.25, -0.2) is 8.42 Å². The minimum absolute atomic E-state index is 0.253. The Morgan fingerprint density at radius 2 is 1.86 bits per heavy atom. The Balaban J connectivity index is 1.57. The quantitative estimate of drug-likeness (QED) is 0.271. The summed E-state index contributed by atoms with van der Waals surface area (Å²) in [5.41, 5.74) is 3.91. The molecule has 1 aliphatic rings. The van der Waals surface area contributed by atoms with Crippen molar-refractivity contribution >= 4 is 54.7 Å². The molecule has 0 amide bonds. The van der Waals surface area contributed by atoms with Crippen molar-refractivity contribution in [2.45, 2.75) is 19.0 Å². The van der Waals surface area contributed by atoms with Gasteiger partial charge in [0.05, 0.1) is 23.7 Å². The summed E-state index contributed by atoms with van der Waals surface area (Å²) < 4.78 is 33.4. The minimum Gasteiger partial charge on any atom is -0.459 e. The van der Waals surface area contributed by atoms with E-state index in [0.717, 1.165) is 44.8 Å². The minimum atomic E-state index is -3.40. The van der Waals surface area contributed by atoms with Crippen LogP contribution in [0.25, 0.3) is 11.3 Å². The number of hydrogen-bond acceptors (Lipinski definition) is 5. The van der Waals surface area contributed by atoms with Crippen LogP contribution >= 0.6 is 28.1 Å². The Labute approximate surface area is 223 Å². The van der Waals surface area contributed by atoms with Crippen LogP contribution in [0.3, 0.4) is 0 Å². The Morgan fingerprint density at radius 3 is 2.53 bits per heavy atom. The fraction of sp³-hybridized carbons (Fsp3) is 0.154. The molecule has 7 nitrogen and oxygen atoms in total. The first-order chi connectivity index (χ1) is 17.2. The van der Waals surface area contributed by atoms with E-state index < -0.39 is 10.0 Å². The van der Waals surface area contributed by atoms with Gasteiger partial charge >= 0.3 is 0 Å². The molecule has 0 saturated carbocycles. The van der Waals surface area contributed by atoms with Gasteiger partial charge in [-0.05, 0) is 79.3 Å². The highest BCUT2D eigenvalue weighted by atomic mass is 79.9. The van der Waals surface area contributed by atoms with Gasteiger partial charge in [-0.3, -0.25) is 9.71 Å². The van der Waals surface area contributed by atoms with E-state index in [0.29, 0.717) is 10.8 Å².